The maximum absolute atomic E-state index is 12.2. The number of nitrogens with one attached hydrogen (secondary N) is 1. The second-order valence-electron chi connectivity index (χ2n) is 6.17. The lowest BCUT2D eigenvalue weighted by Gasteiger charge is -2.15. The third-order valence-corrected chi connectivity index (χ3v) is 4.64. The Hall–Kier alpha value is -1.10. The van der Waals surface area contributed by atoms with Crippen molar-refractivity contribution in [3.05, 3.63) is 16.3 Å². The van der Waals surface area contributed by atoms with Crippen molar-refractivity contribution in [2.24, 2.45) is 0 Å². The van der Waals surface area contributed by atoms with E-state index in [4.69, 9.17) is 0 Å². The first-order valence-corrected chi connectivity index (χ1v) is 8.24. The van der Waals surface area contributed by atoms with Crippen molar-refractivity contribution in [1.29, 1.82) is 0 Å². The number of aryl methyl sites for hydroxylation is 1. The van der Waals surface area contributed by atoms with Gasteiger partial charge in [-0.2, -0.15) is 5.10 Å². The van der Waals surface area contributed by atoms with Crippen LogP contribution in [0.15, 0.2) is 4.79 Å². The van der Waals surface area contributed by atoms with Gasteiger partial charge in [-0.15, -0.1) is 0 Å². The SMILES string of the molecule is O=c1n(CCNC2CCCCCC2)nc2n1CCCC2. The van der Waals surface area contributed by atoms with Gasteiger partial charge < -0.3 is 5.32 Å². The van der Waals surface area contributed by atoms with Gasteiger partial charge in [0, 0.05) is 25.6 Å². The molecule has 1 aromatic rings. The lowest BCUT2D eigenvalue weighted by molar-refractivity contribution is 0.431. The van der Waals surface area contributed by atoms with E-state index in [1.165, 1.54) is 38.5 Å². The Morgan fingerprint density at radius 3 is 2.65 bits per heavy atom. The van der Waals surface area contributed by atoms with Crippen molar-refractivity contribution < 1.29 is 0 Å². The molecule has 112 valence electrons. The molecule has 0 atom stereocenters. The predicted molar refractivity (Wildman–Crippen MR) is 78.9 cm³/mol. The Morgan fingerprint density at radius 2 is 1.90 bits per heavy atom. The molecule has 0 saturated heterocycles. The average molecular weight is 278 g/mol. The fourth-order valence-electron chi connectivity index (χ4n) is 3.45. The van der Waals surface area contributed by atoms with E-state index >= 15 is 0 Å². The minimum absolute atomic E-state index is 0.0855. The number of fused-ring (bicyclic) bond motifs is 1. The third kappa shape index (κ3) is 3.14. The van der Waals surface area contributed by atoms with Gasteiger partial charge in [-0.05, 0) is 25.7 Å². The predicted octanol–water partition coefficient (Wildman–Crippen LogP) is 1.69. The van der Waals surface area contributed by atoms with E-state index in [9.17, 15) is 4.79 Å². The van der Waals surface area contributed by atoms with Gasteiger partial charge >= 0.3 is 5.69 Å². The van der Waals surface area contributed by atoms with Crippen LogP contribution in [0.2, 0.25) is 0 Å². The monoisotopic (exact) mass is 278 g/mol. The van der Waals surface area contributed by atoms with Gasteiger partial charge in [-0.25, -0.2) is 9.48 Å². The summed E-state index contributed by atoms with van der Waals surface area (Å²) in [4.78, 5) is 12.2. The molecule has 0 radical (unpaired) electrons. The van der Waals surface area contributed by atoms with Crippen molar-refractivity contribution in [3.8, 4) is 0 Å². The van der Waals surface area contributed by atoms with Crippen LogP contribution in [-0.2, 0) is 19.5 Å². The molecule has 1 fully saturated rings. The van der Waals surface area contributed by atoms with Gasteiger partial charge in [0.05, 0.1) is 6.54 Å². The lowest BCUT2D eigenvalue weighted by Crippen LogP contribution is -2.34. The van der Waals surface area contributed by atoms with Crippen molar-refractivity contribution in [3.63, 3.8) is 0 Å². The van der Waals surface area contributed by atoms with Gasteiger partial charge in [0.2, 0.25) is 0 Å². The number of nitrogens with zero attached hydrogens (tertiary/aromatic N) is 3. The summed E-state index contributed by atoms with van der Waals surface area (Å²) in [6, 6.07) is 0.644. The second kappa shape index (κ2) is 6.57. The van der Waals surface area contributed by atoms with Gasteiger partial charge in [-0.1, -0.05) is 25.7 Å². The molecule has 2 heterocycles. The molecule has 0 aromatic carbocycles. The summed E-state index contributed by atoms with van der Waals surface area (Å²) in [6.45, 7) is 2.42. The summed E-state index contributed by atoms with van der Waals surface area (Å²) in [5, 5.41) is 8.09. The summed E-state index contributed by atoms with van der Waals surface area (Å²) >= 11 is 0. The van der Waals surface area contributed by atoms with Crippen molar-refractivity contribution in [2.45, 2.75) is 76.9 Å². The smallest absolute Gasteiger partial charge is 0.312 e. The van der Waals surface area contributed by atoms with Crippen LogP contribution in [0.25, 0.3) is 0 Å². The highest BCUT2D eigenvalue weighted by Crippen LogP contribution is 2.17. The largest absolute Gasteiger partial charge is 0.345 e. The normalized spacial score (nSPS) is 20.6. The summed E-state index contributed by atoms with van der Waals surface area (Å²) in [7, 11) is 0. The molecule has 0 unspecified atom stereocenters. The van der Waals surface area contributed by atoms with Crippen LogP contribution in [-0.4, -0.2) is 26.9 Å². The van der Waals surface area contributed by atoms with E-state index in [-0.39, 0.29) is 5.69 Å². The molecule has 1 aliphatic carbocycles. The molecule has 20 heavy (non-hydrogen) atoms. The number of aromatic nitrogens is 3. The molecule has 1 aliphatic heterocycles. The zero-order chi connectivity index (χ0) is 13.8. The summed E-state index contributed by atoms with van der Waals surface area (Å²) in [5.41, 5.74) is 0.0855. The number of rotatable bonds is 4. The first kappa shape index (κ1) is 13.9. The molecule has 0 bridgehead atoms. The van der Waals surface area contributed by atoms with Crippen LogP contribution in [0.3, 0.4) is 0 Å². The quantitative estimate of drug-likeness (QED) is 0.853. The van der Waals surface area contributed by atoms with Crippen molar-refractivity contribution in [1.82, 2.24) is 19.7 Å². The highest BCUT2D eigenvalue weighted by Gasteiger charge is 2.17. The highest BCUT2D eigenvalue weighted by atomic mass is 16.2. The molecular formula is C15H26N4O. The van der Waals surface area contributed by atoms with Crippen LogP contribution in [0, 0.1) is 0 Å². The van der Waals surface area contributed by atoms with Gasteiger partial charge in [0.25, 0.3) is 0 Å². The third-order valence-electron chi connectivity index (χ3n) is 4.64. The van der Waals surface area contributed by atoms with Crippen LogP contribution in [0.1, 0.15) is 57.2 Å². The minimum Gasteiger partial charge on any atom is -0.312 e. The molecule has 5 nitrogen and oxygen atoms in total. The standard InChI is InChI=1S/C15H26N4O/c20-15-18-11-6-5-9-14(18)17-19(15)12-10-16-13-7-3-1-2-4-8-13/h13,16H,1-12H2. The van der Waals surface area contributed by atoms with Gasteiger partial charge in [0.15, 0.2) is 0 Å². The molecule has 1 aromatic heterocycles. The maximum atomic E-state index is 12.2. The van der Waals surface area contributed by atoms with Crippen LogP contribution in [0.4, 0.5) is 0 Å². The zero-order valence-electron chi connectivity index (χ0n) is 12.3. The molecule has 0 spiro atoms. The fourth-order valence-corrected chi connectivity index (χ4v) is 3.45. The van der Waals surface area contributed by atoms with Gasteiger partial charge in [-0.3, -0.25) is 4.57 Å². The molecule has 3 rings (SSSR count). The Kier molecular flexibility index (Phi) is 4.55. The molecule has 0 amide bonds. The Morgan fingerprint density at radius 1 is 1.10 bits per heavy atom. The van der Waals surface area contributed by atoms with E-state index < -0.39 is 0 Å². The van der Waals surface area contributed by atoms with Crippen LogP contribution < -0.4 is 11.0 Å². The number of hydrogen-bond acceptors (Lipinski definition) is 3. The van der Waals surface area contributed by atoms with E-state index in [0.29, 0.717) is 12.6 Å². The second-order valence-corrected chi connectivity index (χ2v) is 6.17. The van der Waals surface area contributed by atoms with Crippen molar-refractivity contribution in [2.75, 3.05) is 6.54 Å². The molecule has 1 N–H and O–H groups in total. The summed E-state index contributed by atoms with van der Waals surface area (Å²) in [5.74, 6) is 0.982. The molecular weight excluding hydrogens is 252 g/mol. The number of hydrogen-bond donors (Lipinski definition) is 1. The Bertz CT molecular complexity index is 483. The van der Waals surface area contributed by atoms with E-state index in [1.54, 1.807) is 4.68 Å². The zero-order valence-corrected chi connectivity index (χ0v) is 12.3. The van der Waals surface area contributed by atoms with Crippen LogP contribution in [0.5, 0.6) is 0 Å². The summed E-state index contributed by atoms with van der Waals surface area (Å²) in [6.07, 6.45) is 11.3. The first-order valence-electron chi connectivity index (χ1n) is 8.24. The Labute approximate surface area is 120 Å². The average Bonchev–Trinajstić information content (AvgIpc) is 2.66. The first-order chi connectivity index (χ1) is 9.84. The van der Waals surface area contributed by atoms with Crippen molar-refractivity contribution >= 4 is 0 Å². The Balaban J connectivity index is 1.53. The van der Waals surface area contributed by atoms with Gasteiger partial charge in [0.1, 0.15) is 5.82 Å². The van der Waals surface area contributed by atoms with E-state index in [2.05, 4.69) is 10.4 Å². The lowest BCUT2D eigenvalue weighted by atomic mass is 10.1. The maximum Gasteiger partial charge on any atom is 0.345 e. The molecule has 1 saturated carbocycles. The van der Waals surface area contributed by atoms with E-state index in [1.807, 2.05) is 4.57 Å². The molecule has 2 aliphatic rings. The van der Waals surface area contributed by atoms with Crippen LogP contribution >= 0.6 is 0 Å². The minimum atomic E-state index is 0.0855. The van der Waals surface area contributed by atoms with E-state index in [0.717, 1.165) is 38.2 Å². The fraction of sp³-hybridized carbons (Fsp3) is 0.867. The summed E-state index contributed by atoms with van der Waals surface area (Å²) < 4.78 is 3.51. The molecule has 5 heteroatoms. The highest BCUT2D eigenvalue weighted by molar-refractivity contribution is 4.91. The topological polar surface area (TPSA) is 51.9 Å².